The van der Waals surface area contributed by atoms with E-state index in [0.717, 1.165) is 22.7 Å². The summed E-state index contributed by atoms with van der Waals surface area (Å²) in [6.07, 6.45) is 0. The van der Waals surface area contributed by atoms with Gasteiger partial charge in [-0.25, -0.2) is 4.68 Å². The van der Waals surface area contributed by atoms with E-state index in [2.05, 4.69) is 20.4 Å². The molecule has 0 radical (unpaired) electrons. The molecule has 0 bridgehead atoms. The van der Waals surface area contributed by atoms with Crippen molar-refractivity contribution in [1.82, 2.24) is 24.7 Å². The van der Waals surface area contributed by atoms with E-state index in [1.165, 1.54) is 11.8 Å². The Labute approximate surface area is 136 Å². The summed E-state index contributed by atoms with van der Waals surface area (Å²) in [5.41, 5.74) is 3.38. The first kappa shape index (κ1) is 14.0. The van der Waals surface area contributed by atoms with Gasteiger partial charge in [0.15, 0.2) is 0 Å². The topological polar surface area (TPSA) is 81.1 Å². The highest BCUT2D eigenvalue weighted by atomic mass is 32.2. The zero-order valence-electron chi connectivity index (χ0n) is 12.6. The van der Waals surface area contributed by atoms with Gasteiger partial charge in [0, 0.05) is 17.0 Å². The van der Waals surface area contributed by atoms with E-state index in [1.807, 2.05) is 32.0 Å². The largest absolute Gasteiger partial charge is 0.507 e. The molecule has 23 heavy (non-hydrogen) atoms. The second-order valence-electron chi connectivity index (χ2n) is 5.29. The van der Waals surface area contributed by atoms with E-state index in [4.69, 9.17) is 0 Å². The van der Waals surface area contributed by atoms with Gasteiger partial charge in [-0.15, -0.1) is 10.2 Å². The molecule has 4 rings (SSSR count). The fraction of sp³-hybridized carbons (Fsp3) is 0.200. The van der Waals surface area contributed by atoms with Crippen LogP contribution in [0.1, 0.15) is 17.0 Å². The molecule has 1 aromatic carbocycles. The van der Waals surface area contributed by atoms with Gasteiger partial charge < -0.3 is 5.11 Å². The van der Waals surface area contributed by atoms with Crippen LogP contribution in [0.2, 0.25) is 0 Å². The summed E-state index contributed by atoms with van der Waals surface area (Å²) in [5, 5.41) is 28.2. The van der Waals surface area contributed by atoms with Gasteiger partial charge in [-0.3, -0.25) is 0 Å². The van der Waals surface area contributed by atoms with Crippen molar-refractivity contribution in [3.8, 4) is 11.7 Å². The third kappa shape index (κ3) is 2.31. The van der Waals surface area contributed by atoms with Crippen LogP contribution in [0, 0.1) is 13.8 Å². The lowest BCUT2D eigenvalue weighted by atomic mass is 10.1. The molecular weight excluding hydrogens is 312 g/mol. The second-order valence-corrected chi connectivity index (χ2v) is 6.23. The van der Waals surface area contributed by atoms with Gasteiger partial charge in [-0.1, -0.05) is 23.9 Å². The number of hydrogen-bond acceptors (Lipinski definition) is 6. The van der Waals surface area contributed by atoms with Crippen molar-refractivity contribution in [3.05, 3.63) is 47.3 Å². The number of rotatable bonds is 2. The highest BCUT2D eigenvalue weighted by Crippen LogP contribution is 2.28. The molecule has 3 heterocycles. The first-order valence-electron chi connectivity index (χ1n) is 7.11. The van der Waals surface area contributed by atoms with Gasteiger partial charge >= 0.3 is 0 Å². The van der Waals surface area contributed by atoms with Crippen LogP contribution in [-0.4, -0.2) is 41.2 Å². The molecule has 1 aliphatic rings. The highest BCUT2D eigenvalue weighted by molar-refractivity contribution is 7.99. The van der Waals surface area contributed by atoms with Gasteiger partial charge in [0.2, 0.25) is 5.16 Å². The molecule has 2 aromatic heterocycles. The van der Waals surface area contributed by atoms with Crippen LogP contribution in [0.15, 0.2) is 40.6 Å². The first-order chi connectivity index (χ1) is 11.1. The predicted octanol–water partition coefficient (Wildman–Crippen LogP) is 2.14. The molecule has 0 aliphatic carbocycles. The Morgan fingerprint density at radius 1 is 1.17 bits per heavy atom. The van der Waals surface area contributed by atoms with Crippen molar-refractivity contribution in [2.24, 2.45) is 5.10 Å². The van der Waals surface area contributed by atoms with Crippen molar-refractivity contribution in [2.45, 2.75) is 19.0 Å². The summed E-state index contributed by atoms with van der Waals surface area (Å²) in [5.74, 6) is 1.40. The Morgan fingerprint density at radius 3 is 2.74 bits per heavy atom. The number of aryl methyl sites for hydroxylation is 2. The average molecular weight is 326 g/mol. The molecule has 8 heteroatoms. The van der Waals surface area contributed by atoms with E-state index >= 15 is 0 Å². The lowest BCUT2D eigenvalue weighted by Crippen LogP contribution is -2.16. The molecule has 0 amide bonds. The number of nitrogens with zero attached hydrogens (tertiary/aromatic N) is 6. The fourth-order valence-electron chi connectivity index (χ4n) is 2.53. The smallest absolute Gasteiger partial charge is 0.274 e. The van der Waals surface area contributed by atoms with Crippen LogP contribution < -0.4 is 0 Å². The third-order valence-electron chi connectivity index (χ3n) is 3.57. The molecular formula is C15H14N6OS. The molecule has 0 unspecified atom stereocenters. The maximum absolute atomic E-state index is 10.0. The second kappa shape index (κ2) is 5.24. The molecule has 116 valence electrons. The average Bonchev–Trinajstić information content (AvgIpc) is 3.09. The lowest BCUT2D eigenvalue weighted by molar-refractivity contribution is 0.474. The minimum absolute atomic E-state index is 0.219. The van der Waals surface area contributed by atoms with Crippen LogP contribution in [-0.2, 0) is 0 Å². The van der Waals surface area contributed by atoms with Crippen LogP contribution in [0.25, 0.3) is 5.95 Å². The monoisotopic (exact) mass is 326 g/mol. The fourth-order valence-corrected chi connectivity index (χ4v) is 3.35. The molecule has 0 fully saturated rings. The molecule has 1 aliphatic heterocycles. The number of fused-ring (bicyclic) bond motifs is 1. The van der Waals surface area contributed by atoms with Crippen LogP contribution in [0.4, 0.5) is 0 Å². The van der Waals surface area contributed by atoms with Crippen molar-refractivity contribution in [1.29, 1.82) is 0 Å². The summed E-state index contributed by atoms with van der Waals surface area (Å²) in [6.45, 7) is 3.90. The molecule has 0 saturated heterocycles. The number of para-hydroxylation sites is 1. The Bertz CT molecular complexity index is 926. The number of phenols is 1. The standard InChI is InChI=1S/C15H14N6OS/c1-9-7-10(2)20(18-9)14-16-17-15-21(14)19-12(8-23-15)11-5-3-4-6-13(11)22/h3-7,22H,8H2,1-2H3. The van der Waals surface area contributed by atoms with Crippen molar-refractivity contribution in [2.75, 3.05) is 5.75 Å². The van der Waals surface area contributed by atoms with E-state index < -0.39 is 0 Å². The van der Waals surface area contributed by atoms with Crippen molar-refractivity contribution >= 4 is 17.5 Å². The summed E-state index contributed by atoms with van der Waals surface area (Å²) in [6, 6.07) is 9.16. The predicted molar refractivity (Wildman–Crippen MR) is 87.4 cm³/mol. The molecule has 0 atom stereocenters. The highest BCUT2D eigenvalue weighted by Gasteiger charge is 2.23. The quantitative estimate of drug-likeness (QED) is 0.780. The summed E-state index contributed by atoms with van der Waals surface area (Å²) in [7, 11) is 0. The number of thioether (sulfide) groups is 1. The van der Waals surface area contributed by atoms with Crippen molar-refractivity contribution < 1.29 is 5.11 Å². The minimum atomic E-state index is 0.219. The van der Waals surface area contributed by atoms with Crippen LogP contribution in [0.5, 0.6) is 5.75 Å². The molecule has 0 saturated carbocycles. The van der Waals surface area contributed by atoms with E-state index in [-0.39, 0.29) is 5.75 Å². The summed E-state index contributed by atoms with van der Waals surface area (Å²) < 4.78 is 3.40. The van der Waals surface area contributed by atoms with E-state index in [1.54, 1.807) is 21.5 Å². The Kier molecular flexibility index (Phi) is 3.19. The van der Waals surface area contributed by atoms with E-state index in [0.29, 0.717) is 16.9 Å². The van der Waals surface area contributed by atoms with Crippen LogP contribution >= 0.6 is 11.8 Å². The van der Waals surface area contributed by atoms with Crippen molar-refractivity contribution in [3.63, 3.8) is 0 Å². The van der Waals surface area contributed by atoms with Gasteiger partial charge in [-0.05, 0) is 32.0 Å². The number of aromatic hydroxyl groups is 1. The summed E-state index contributed by atoms with van der Waals surface area (Å²) in [4.78, 5) is 0. The minimum Gasteiger partial charge on any atom is -0.507 e. The number of benzene rings is 1. The molecule has 0 spiro atoms. The Balaban J connectivity index is 1.85. The molecule has 7 nitrogen and oxygen atoms in total. The van der Waals surface area contributed by atoms with E-state index in [9.17, 15) is 5.11 Å². The van der Waals surface area contributed by atoms with Gasteiger partial charge in [0.1, 0.15) is 5.75 Å². The van der Waals surface area contributed by atoms with Gasteiger partial charge in [-0.2, -0.15) is 14.9 Å². The zero-order chi connectivity index (χ0) is 16.0. The normalized spacial score (nSPS) is 13.7. The number of aromatic nitrogens is 5. The maximum atomic E-state index is 10.0. The first-order valence-corrected chi connectivity index (χ1v) is 8.10. The van der Waals surface area contributed by atoms with Gasteiger partial charge in [0.25, 0.3) is 5.95 Å². The lowest BCUT2D eigenvalue weighted by Gasteiger charge is -2.14. The molecule has 3 aromatic rings. The SMILES string of the molecule is Cc1cc(C)n(-c2nnc3n2N=C(c2ccccc2O)CS3)n1. The Hall–Kier alpha value is -2.61. The van der Waals surface area contributed by atoms with Gasteiger partial charge in [0.05, 0.1) is 11.4 Å². The van der Waals surface area contributed by atoms with Crippen LogP contribution in [0.3, 0.4) is 0 Å². The number of phenolic OH excluding ortho intramolecular Hbond substituents is 1. The maximum Gasteiger partial charge on any atom is 0.274 e. The molecule has 1 N–H and O–H groups in total. The number of hydrogen-bond donors (Lipinski definition) is 1. The summed E-state index contributed by atoms with van der Waals surface area (Å²) >= 11 is 1.53. The zero-order valence-corrected chi connectivity index (χ0v) is 13.4. The Morgan fingerprint density at radius 2 is 2.00 bits per heavy atom. The third-order valence-corrected chi connectivity index (χ3v) is 4.50.